The molecule has 110 valence electrons. The lowest BCUT2D eigenvalue weighted by molar-refractivity contribution is -0.00244. The lowest BCUT2D eigenvalue weighted by Crippen LogP contribution is -2.45. The molecular weight excluding hydrogens is 260 g/mol. The molecule has 1 unspecified atom stereocenters. The zero-order valence-electron chi connectivity index (χ0n) is 11.6. The highest BCUT2D eigenvalue weighted by atomic mass is 16.5. The Hall–Kier alpha value is -1.47. The number of aliphatic hydroxyl groups is 1. The highest BCUT2D eigenvalue weighted by molar-refractivity contribution is 5.90. The summed E-state index contributed by atoms with van der Waals surface area (Å²) < 4.78 is 5.18. The fourth-order valence-corrected chi connectivity index (χ4v) is 2.69. The van der Waals surface area contributed by atoms with E-state index in [1.54, 1.807) is 11.8 Å². The molecule has 1 atom stereocenters. The number of nitrogens with one attached hydrogen (secondary N) is 1. The molecule has 2 fully saturated rings. The van der Waals surface area contributed by atoms with Crippen LogP contribution in [0.25, 0.3) is 0 Å². The normalized spacial score (nSPS) is 25.9. The molecular formula is C13H20N4O3. The second-order valence-corrected chi connectivity index (χ2v) is 5.89. The van der Waals surface area contributed by atoms with Gasteiger partial charge in [-0.1, -0.05) is 5.16 Å². The average molecular weight is 280 g/mol. The molecule has 2 aliphatic heterocycles. The third-order valence-electron chi connectivity index (χ3n) is 4.12. The van der Waals surface area contributed by atoms with E-state index in [1.165, 1.54) is 0 Å². The van der Waals surface area contributed by atoms with Crippen LogP contribution in [0, 0.1) is 0 Å². The first-order chi connectivity index (χ1) is 9.55. The number of hydrogen-bond acceptors (Lipinski definition) is 6. The molecule has 3 rings (SSSR count). The van der Waals surface area contributed by atoms with Crippen LogP contribution in [-0.4, -0.2) is 51.3 Å². The number of likely N-dealkylation sites (tertiary alicyclic amines) is 1. The van der Waals surface area contributed by atoms with Gasteiger partial charge in [-0.2, -0.15) is 4.98 Å². The predicted molar refractivity (Wildman–Crippen MR) is 70.0 cm³/mol. The van der Waals surface area contributed by atoms with Crippen molar-refractivity contribution in [1.29, 1.82) is 0 Å². The number of hydrogen-bond donors (Lipinski definition) is 2. The number of nitrogens with zero attached hydrogens (tertiary/aromatic N) is 3. The summed E-state index contributed by atoms with van der Waals surface area (Å²) in [5.74, 6) is 0.401. The molecule has 7 nitrogen and oxygen atoms in total. The van der Waals surface area contributed by atoms with Gasteiger partial charge in [-0.15, -0.1) is 0 Å². The van der Waals surface area contributed by atoms with E-state index in [-0.39, 0.29) is 17.8 Å². The van der Waals surface area contributed by atoms with E-state index < -0.39 is 5.60 Å². The summed E-state index contributed by atoms with van der Waals surface area (Å²) in [4.78, 5) is 18.2. The molecule has 0 aliphatic carbocycles. The van der Waals surface area contributed by atoms with Crippen LogP contribution < -0.4 is 5.32 Å². The Morgan fingerprint density at radius 1 is 1.50 bits per heavy atom. The minimum atomic E-state index is -0.674. The number of carbonyl (C=O) groups is 1. The molecule has 1 amide bonds. The van der Waals surface area contributed by atoms with E-state index in [4.69, 9.17) is 4.52 Å². The summed E-state index contributed by atoms with van der Waals surface area (Å²) >= 11 is 0. The van der Waals surface area contributed by atoms with E-state index in [9.17, 15) is 9.90 Å². The van der Waals surface area contributed by atoms with Gasteiger partial charge in [0.15, 0.2) is 0 Å². The quantitative estimate of drug-likeness (QED) is 0.819. The van der Waals surface area contributed by atoms with Gasteiger partial charge in [0.1, 0.15) is 0 Å². The Morgan fingerprint density at radius 3 is 2.90 bits per heavy atom. The van der Waals surface area contributed by atoms with Gasteiger partial charge in [0, 0.05) is 13.1 Å². The van der Waals surface area contributed by atoms with Crippen LogP contribution in [0.15, 0.2) is 4.52 Å². The van der Waals surface area contributed by atoms with Crippen LogP contribution >= 0.6 is 0 Å². The van der Waals surface area contributed by atoms with Crippen molar-refractivity contribution in [3.8, 4) is 0 Å². The summed E-state index contributed by atoms with van der Waals surface area (Å²) in [6, 6.07) is 0.0751. The van der Waals surface area contributed by atoms with Gasteiger partial charge in [-0.05, 0) is 39.2 Å². The Kier molecular flexibility index (Phi) is 3.47. The monoisotopic (exact) mass is 280 g/mol. The van der Waals surface area contributed by atoms with Crippen LogP contribution in [0.5, 0.6) is 0 Å². The van der Waals surface area contributed by atoms with Gasteiger partial charge in [0.05, 0.1) is 11.6 Å². The number of piperidine rings is 1. The molecule has 0 bridgehead atoms. The van der Waals surface area contributed by atoms with Crippen molar-refractivity contribution >= 4 is 5.91 Å². The summed E-state index contributed by atoms with van der Waals surface area (Å²) in [5, 5.41) is 16.9. The highest BCUT2D eigenvalue weighted by Crippen LogP contribution is 2.24. The zero-order valence-corrected chi connectivity index (χ0v) is 11.6. The Labute approximate surface area is 117 Å². The van der Waals surface area contributed by atoms with Crippen LogP contribution in [-0.2, 0) is 0 Å². The Balaban J connectivity index is 1.65. The first-order valence-electron chi connectivity index (χ1n) is 7.14. The van der Waals surface area contributed by atoms with Gasteiger partial charge in [0.2, 0.25) is 5.89 Å². The van der Waals surface area contributed by atoms with Crippen molar-refractivity contribution in [1.82, 2.24) is 20.4 Å². The minimum absolute atomic E-state index is 0.0751. The van der Waals surface area contributed by atoms with Crippen LogP contribution in [0.2, 0.25) is 0 Å². The van der Waals surface area contributed by atoms with Crippen molar-refractivity contribution in [2.45, 2.75) is 44.2 Å². The Morgan fingerprint density at radius 2 is 2.25 bits per heavy atom. The summed E-state index contributed by atoms with van der Waals surface area (Å²) in [6.07, 6.45) is 3.20. The maximum atomic E-state index is 12.3. The fourth-order valence-electron chi connectivity index (χ4n) is 2.69. The topological polar surface area (TPSA) is 91.5 Å². The predicted octanol–water partition coefficient (Wildman–Crippen LogP) is 0.481. The van der Waals surface area contributed by atoms with E-state index in [1.807, 2.05) is 0 Å². The molecule has 0 spiro atoms. The number of carbonyl (C=O) groups excluding carboxylic acids is 1. The fraction of sp³-hybridized carbons (Fsp3) is 0.769. The first kappa shape index (κ1) is 13.5. The summed E-state index contributed by atoms with van der Waals surface area (Å²) in [7, 11) is 0. The zero-order chi connectivity index (χ0) is 14.2. The number of aromatic nitrogens is 2. The summed E-state index contributed by atoms with van der Waals surface area (Å²) in [5.41, 5.74) is -0.674. The van der Waals surface area contributed by atoms with Crippen molar-refractivity contribution in [2.24, 2.45) is 0 Å². The van der Waals surface area contributed by atoms with E-state index >= 15 is 0 Å². The number of rotatable bonds is 2. The maximum absolute atomic E-state index is 12.3. The lowest BCUT2D eigenvalue weighted by Gasteiger charge is -2.35. The van der Waals surface area contributed by atoms with Crippen molar-refractivity contribution in [2.75, 3.05) is 19.6 Å². The minimum Gasteiger partial charge on any atom is -0.390 e. The maximum Gasteiger partial charge on any atom is 0.295 e. The molecule has 0 aromatic carbocycles. The molecule has 3 heterocycles. The molecule has 1 aromatic rings. The number of amides is 1. The largest absolute Gasteiger partial charge is 0.390 e. The third kappa shape index (κ3) is 2.69. The third-order valence-corrected chi connectivity index (χ3v) is 4.12. The summed E-state index contributed by atoms with van der Waals surface area (Å²) in [6.45, 7) is 3.79. The molecule has 0 saturated carbocycles. The van der Waals surface area contributed by atoms with Crippen LogP contribution in [0.3, 0.4) is 0 Å². The van der Waals surface area contributed by atoms with Gasteiger partial charge in [0.25, 0.3) is 11.7 Å². The average Bonchev–Trinajstić information content (AvgIpc) is 3.09. The molecule has 2 saturated heterocycles. The molecule has 20 heavy (non-hydrogen) atoms. The molecule has 2 N–H and O–H groups in total. The lowest BCUT2D eigenvalue weighted by atomic mass is 9.94. The van der Waals surface area contributed by atoms with E-state index in [2.05, 4.69) is 15.5 Å². The van der Waals surface area contributed by atoms with E-state index in [0.29, 0.717) is 31.8 Å². The Bertz CT molecular complexity index is 484. The van der Waals surface area contributed by atoms with Crippen molar-refractivity contribution in [3.05, 3.63) is 11.7 Å². The van der Waals surface area contributed by atoms with E-state index in [0.717, 1.165) is 19.4 Å². The van der Waals surface area contributed by atoms with Crippen LogP contribution in [0.4, 0.5) is 0 Å². The van der Waals surface area contributed by atoms with Crippen molar-refractivity contribution in [3.63, 3.8) is 0 Å². The van der Waals surface area contributed by atoms with Gasteiger partial charge >= 0.3 is 0 Å². The van der Waals surface area contributed by atoms with Gasteiger partial charge < -0.3 is 19.8 Å². The van der Waals surface area contributed by atoms with Gasteiger partial charge in [-0.3, -0.25) is 4.79 Å². The first-order valence-corrected chi connectivity index (χ1v) is 7.14. The highest BCUT2D eigenvalue weighted by Gasteiger charge is 2.32. The molecule has 2 aliphatic rings. The van der Waals surface area contributed by atoms with Crippen LogP contribution in [0.1, 0.15) is 55.2 Å². The SMILES string of the molecule is CC1(O)CCN(C(=O)c2noc(C3CCCN3)n2)CC1. The standard InChI is InChI=1S/C13H20N4O3/c1-13(19)4-7-17(8-5-13)12(18)10-15-11(20-16-10)9-3-2-6-14-9/h9,14,19H,2-8H2,1H3. The second-order valence-electron chi connectivity index (χ2n) is 5.89. The molecule has 0 radical (unpaired) electrons. The van der Waals surface area contributed by atoms with Gasteiger partial charge in [-0.25, -0.2) is 0 Å². The van der Waals surface area contributed by atoms with Crippen molar-refractivity contribution < 1.29 is 14.4 Å². The molecule has 7 heteroatoms. The second kappa shape index (κ2) is 5.14. The smallest absolute Gasteiger partial charge is 0.295 e. The molecule has 1 aromatic heterocycles.